The zero-order valence-corrected chi connectivity index (χ0v) is 9.85. The average Bonchev–Trinajstić information content (AvgIpc) is 2.16. The second kappa shape index (κ2) is 5.84. The molecule has 0 rings (SSSR count). The van der Waals surface area contributed by atoms with Crippen molar-refractivity contribution >= 4 is 5.97 Å². The monoisotopic (exact) mass is 198 g/mol. The molecule has 14 heavy (non-hydrogen) atoms. The molecule has 0 radical (unpaired) electrons. The van der Waals surface area contributed by atoms with Gasteiger partial charge >= 0.3 is 5.97 Å². The van der Waals surface area contributed by atoms with Crippen molar-refractivity contribution in [3.05, 3.63) is 12.2 Å². The fourth-order valence-corrected chi connectivity index (χ4v) is 1.54. The molecule has 0 saturated carbocycles. The van der Waals surface area contributed by atoms with Gasteiger partial charge in [-0.3, -0.25) is 0 Å². The van der Waals surface area contributed by atoms with E-state index in [-0.39, 0.29) is 11.6 Å². The Labute approximate surface area is 87.3 Å². The molecule has 0 aliphatic carbocycles. The van der Waals surface area contributed by atoms with Gasteiger partial charge in [-0.25, -0.2) is 4.79 Å². The lowest BCUT2D eigenvalue weighted by atomic mass is 9.91. The van der Waals surface area contributed by atoms with Crippen LogP contribution in [0.3, 0.4) is 0 Å². The Balaban J connectivity index is 4.49. The second-order valence-electron chi connectivity index (χ2n) is 3.81. The maximum Gasteiger partial charge on any atom is 0.333 e. The second-order valence-corrected chi connectivity index (χ2v) is 3.81. The smallest absolute Gasteiger partial charge is 0.333 e. The van der Waals surface area contributed by atoms with Crippen LogP contribution >= 0.6 is 0 Å². The number of carbonyl (C=O) groups excluding carboxylic acids is 1. The predicted molar refractivity (Wildman–Crippen MR) is 59.1 cm³/mol. The standard InChI is InChI=1S/C12H22O2/c1-6-9-12(7-2,8-3)14-11(13)10(4)5/h4,6-9H2,1-3,5H3. The highest BCUT2D eigenvalue weighted by molar-refractivity contribution is 5.87. The van der Waals surface area contributed by atoms with Crippen molar-refractivity contribution in [2.45, 2.75) is 59.0 Å². The van der Waals surface area contributed by atoms with Crippen LogP contribution in [0.2, 0.25) is 0 Å². The molecular formula is C12H22O2. The fourth-order valence-electron chi connectivity index (χ4n) is 1.54. The van der Waals surface area contributed by atoms with E-state index < -0.39 is 0 Å². The summed E-state index contributed by atoms with van der Waals surface area (Å²) in [5.74, 6) is -0.262. The summed E-state index contributed by atoms with van der Waals surface area (Å²) >= 11 is 0. The summed E-state index contributed by atoms with van der Waals surface area (Å²) in [4.78, 5) is 11.4. The first-order valence-electron chi connectivity index (χ1n) is 5.40. The van der Waals surface area contributed by atoms with E-state index in [0.29, 0.717) is 5.57 Å². The minimum absolute atomic E-state index is 0.262. The average molecular weight is 198 g/mol. The van der Waals surface area contributed by atoms with Gasteiger partial charge in [0.2, 0.25) is 0 Å². The third-order valence-electron chi connectivity index (χ3n) is 2.65. The molecule has 2 nitrogen and oxygen atoms in total. The molecular weight excluding hydrogens is 176 g/mol. The van der Waals surface area contributed by atoms with Crippen molar-refractivity contribution in [3.8, 4) is 0 Å². The van der Waals surface area contributed by atoms with Crippen LogP contribution in [0, 0.1) is 0 Å². The van der Waals surface area contributed by atoms with Crippen LogP contribution in [0.25, 0.3) is 0 Å². The Morgan fingerprint density at radius 3 is 2.07 bits per heavy atom. The summed E-state index contributed by atoms with van der Waals surface area (Å²) in [6, 6.07) is 0. The first-order chi connectivity index (χ1) is 6.51. The van der Waals surface area contributed by atoms with Gasteiger partial charge in [0, 0.05) is 5.57 Å². The normalized spacial score (nSPS) is 11.1. The molecule has 2 heteroatoms. The van der Waals surface area contributed by atoms with E-state index in [1.54, 1.807) is 6.92 Å². The van der Waals surface area contributed by atoms with E-state index in [4.69, 9.17) is 4.74 Å². The topological polar surface area (TPSA) is 26.3 Å². The lowest BCUT2D eigenvalue weighted by molar-refractivity contribution is -0.156. The highest BCUT2D eigenvalue weighted by atomic mass is 16.6. The minimum Gasteiger partial charge on any atom is -0.456 e. The number of carbonyl (C=O) groups is 1. The molecule has 0 aliphatic rings. The van der Waals surface area contributed by atoms with Gasteiger partial charge in [-0.15, -0.1) is 0 Å². The molecule has 0 amide bonds. The molecule has 0 N–H and O–H groups in total. The summed E-state index contributed by atoms with van der Waals surface area (Å²) in [5, 5.41) is 0. The van der Waals surface area contributed by atoms with E-state index in [2.05, 4.69) is 27.4 Å². The summed E-state index contributed by atoms with van der Waals surface area (Å²) < 4.78 is 5.50. The van der Waals surface area contributed by atoms with Crippen molar-refractivity contribution in [3.63, 3.8) is 0 Å². The molecule has 0 saturated heterocycles. The Hall–Kier alpha value is -0.790. The first kappa shape index (κ1) is 13.2. The third kappa shape index (κ3) is 3.52. The van der Waals surface area contributed by atoms with Gasteiger partial charge in [0.1, 0.15) is 5.60 Å². The maximum atomic E-state index is 11.4. The number of hydrogen-bond donors (Lipinski definition) is 0. The van der Waals surface area contributed by atoms with Crippen molar-refractivity contribution < 1.29 is 9.53 Å². The third-order valence-corrected chi connectivity index (χ3v) is 2.65. The van der Waals surface area contributed by atoms with Gasteiger partial charge in [-0.05, 0) is 26.2 Å². The fraction of sp³-hybridized carbons (Fsp3) is 0.750. The summed E-state index contributed by atoms with van der Waals surface area (Å²) in [5.41, 5.74) is 0.206. The lowest BCUT2D eigenvalue weighted by Crippen LogP contribution is -2.33. The SMILES string of the molecule is C=C(C)C(=O)OC(CC)(CC)CCC. The molecule has 0 bridgehead atoms. The van der Waals surface area contributed by atoms with Crippen molar-refractivity contribution in [1.82, 2.24) is 0 Å². The van der Waals surface area contributed by atoms with Crippen molar-refractivity contribution in [2.24, 2.45) is 0 Å². The summed E-state index contributed by atoms with van der Waals surface area (Å²) in [7, 11) is 0. The van der Waals surface area contributed by atoms with E-state index in [0.717, 1.165) is 25.7 Å². The molecule has 0 aromatic heterocycles. The van der Waals surface area contributed by atoms with Gasteiger partial charge in [0.05, 0.1) is 0 Å². The van der Waals surface area contributed by atoms with E-state index in [1.165, 1.54) is 0 Å². The largest absolute Gasteiger partial charge is 0.456 e. The van der Waals surface area contributed by atoms with Gasteiger partial charge in [0.25, 0.3) is 0 Å². The number of esters is 1. The van der Waals surface area contributed by atoms with Gasteiger partial charge in [0.15, 0.2) is 0 Å². The van der Waals surface area contributed by atoms with Gasteiger partial charge < -0.3 is 4.74 Å². The van der Waals surface area contributed by atoms with Crippen molar-refractivity contribution in [2.75, 3.05) is 0 Å². The highest BCUT2D eigenvalue weighted by Gasteiger charge is 2.29. The molecule has 0 fully saturated rings. The van der Waals surface area contributed by atoms with Crippen LogP contribution in [0.4, 0.5) is 0 Å². The van der Waals surface area contributed by atoms with E-state index >= 15 is 0 Å². The van der Waals surface area contributed by atoms with E-state index in [9.17, 15) is 4.79 Å². The van der Waals surface area contributed by atoms with Crippen LogP contribution in [0.1, 0.15) is 53.4 Å². The molecule has 0 atom stereocenters. The molecule has 82 valence electrons. The number of ether oxygens (including phenoxy) is 1. The van der Waals surface area contributed by atoms with Crippen molar-refractivity contribution in [1.29, 1.82) is 0 Å². The molecule has 0 aliphatic heterocycles. The van der Waals surface area contributed by atoms with E-state index in [1.807, 2.05) is 0 Å². The number of hydrogen-bond acceptors (Lipinski definition) is 2. The zero-order chi connectivity index (χ0) is 11.2. The van der Waals surface area contributed by atoms with Crippen LogP contribution in [-0.4, -0.2) is 11.6 Å². The Kier molecular flexibility index (Phi) is 5.51. The quantitative estimate of drug-likeness (QED) is 0.482. The Morgan fingerprint density at radius 2 is 1.79 bits per heavy atom. The molecule has 0 aromatic carbocycles. The molecule has 0 heterocycles. The summed E-state index contributed by atoms with van der Waals surface area (Å²) in [6.07, 6.45) is 3.71. The Morgan fingerprint density at radius 1 is 1.29 bits per heavy atom. The molecule has 0 spiro atoms. The van der Waals surface area contributed by atoms with Crippen LogP contribution in [0.15, 0.2) is 12.2 Å². The molecule has 0 unspecified atom stereocenters. The number of rotatable bonds is 6. The zero-order valence-electron chi connectivity index (χ0n) is 9.85. The van der Waals surface area contributed by atoms with Gasteiger partial charge in [-0.1, -0.05) is 33.8 Å². The summed E-state index contributed by atoms with van der Waals surface area (Å²) in [6.45, 7) is 11.5. The highest BCUT2D eigenvalue weighted by Crippen LogP contribution is 2.27. The van der Waals surface area contributed by atoms with Crippen LogP contribution in [-0.2, 0) is 9.53 Å². The van der Waals surface area contributed by atoms with Crippen LogP contribution < -0.4 is 0 Å². The Bertz CT molecular complexity index is 202. The maximum absolute atomic E-state index is 11.4. The minimum atomic E-state index is -0.273. The van der Waals surface area contributed by atoms with Gasteiger partial charge in [-0.2, -0.15) is 0 Å². The van der Waals surface area contributed by atoms with Crippen LogP contribution in [0.5, 0.6) is 0 Å². The first-order valence-corrected chi connectivity index (χ1v) is 5.40. The predicted octanol–water partition coefficient (Wildman–Crippen LogP) is 3.46. The molecule has 0 aromatic rings. The lowest BCUT2D eigenvalue weighted by Gasteiger charge is -2.31.